The average Bonchev–Trinajstić information content (AvgIpc) is 2.77. The Balaban J connectivity index is 2.18. The number of aromatic nitrogens is 3. The standard InChI is InChI=1S/C10H9N3O3S/c1-2-8-12-10(17-13-8)16-7-3-6(9(14)15)4-11-5-7/h3-5H,2H2,1H3,(H,14,15). The van der Waals surface area contributed by atoms with Crippen molar-refractivity contribution in [2.24, 2.45) is 0 Å². The van der Waals surface area contributed by atoms with Crippen LogP contribution in [0.4, 0.5) is 0 Å². The monoisotopic (exact) mass is 251 g/mol. The summed E-state index contributed by atoms with van der Waals surface area (Å²) >= 11 is 1.12. The van der Waals surface area contributed by atoms with Gasteiger partial charge in [-0.15, -0.1) is 0 Å². The molecule has 7 heteroatoms. The number of rotatable bonds is 4. The second-order valence-corrected chi connectivity index (χ2v) is 3.86. The zero-order valence-electron chi connectivity index (χ0n) is 8.95. The third-order valence-corrected chi connectivity index (χ3v) is 2.56. The van der Waals surface area contributed by atoms with E-state index in [2.05, 4.69) is 14.3 Å². The highest BCUT2D eigenvalue weighted by Crippen LogP contribution is 2.23. The molecule has 0 radical (unpaired) electrons. The molecule has 0 fully saturated rings. The summed E-state index contributed by atoms with van der Waals surface area (Å²) in [5, 5.41) is 9.18. The minimum Gasteiger partial charge on any atom is -0.478 e. The van der Waals surface area contributed by atoms with Gasteiger partial charge in [0.25, 0.3) is 5.19 Å². The van der Waals surface area contributed by atoms with Crippen molar-refractivity contribution < 1.29 is 14.6 Å². The second-order valence-electron chi connectivity index (χ2n) is 3.15. The lowest BCUT2D eigenvalue weighted by Gasteiger charge is -2.00. The van der Waals surface area contributed by atoms with Gasteiger partial charge in [0, 0.05) is 24.2 Å². The molecule has 0 aliphatic rings. The Morgan fingerprint density at radius 2 is 2.35 bits per heavy atom. The first-order chi connectivity index (χ1) is 8.19. The first-order valence-electron chi connectivity index (χ1n) is 4.88. The fourth-order valence-electron chi connectivity index (χ4n) is 1.12. The van der Waals surface area contributed by atoms with Gasteiger partial charge in [0.2, 0.25) is 0 Å². The zero-order chi connectivity index (χ0) is 12.3. The second kappa shape index (κ2) is 4.88. The van der Waals surface area contributed by atoms with Gasteiger partial charge in [-0.05, 0) is 6.07 Å². The van der Waals surface area contributed by atoms with Crippen LogP contribution in [0.25, 0.3) is 0 Å². The van der Waals surface area contributed by atoms with Crippen molar-refractivity contribution in [2.75, 3.05) is 0 Å². The van der Waals surface area contributed by atoms with E-state index >= 15 is 0 Å². The Labute approximate surface area is 101 Å². The van der Waals surface area contributed by atoms with E-state index in [1.54, 1.807) is 0 Å². The van der Waals surface area contributed by atoms with Gasteiger partial charge in [-0.2, -0.15) is 9.36 Å². The van der Waals surface area contributed by atoms with E-state index in [-0.39, 0.29) is 5.56 Å². The van der Waals surface area contributed by atoms with E-state index in [1.807, 2.05) is 6.92 Å². The number of pyridine rings is 1. The van der Waals surface area contributed by atoms with Gasteiger partial charge in [-0.3, -0.25) is 4.98 Å². The summed E-state index contributed by atoms with van der Waals surface area (Å²) in [7, 11) is 0. The van der Waals surface area contributed by atoms with E-state index in [0.29, 0.717) is 16.8 Å². The summed E-state index contributed by atoms with van der Waals surface area (Å²) in [5.74, 6) is -0.00878. The number of hydrogen-bond acceptors (Lipinski definition) is 6. The summed E-state index contributed by atoms with van der Waals surface area (Å²) in [6.07, 6.45) is 3.42. The summed E-state index contributed by atoms with van der Waals surface area (Å²) in [5.41, 5.74) is 0.0720. The molecule has 88 valence electrons. The molecule has 2 aromatic heterocycles. The fraction of sp³-hybridized carbons (Fsp3) is 0.200. The molecule has 2 aromatic rings. The minimum atomic E-state index is -1.05. The first kappa shape index (κ1) is 11.5. The Morgan fingerprint density at radius 1 is 1.53 bits per heavy atom. The van der Waals surface area contributed by atoms with E-state index in [1.165, 1.54) is 18.5 Å². The highest BCUT2D eigenvalue weighted by atomic mass is 32.1. The molecule has 2 heterocycles. The van der Waals surface area contributed by atoms with Gasteiger partial charge in [0.05, 0.1) is 11.8 Å². The molecule has 0 atom stereocenters. The van der Waals surface area contributed by atoms with E-state index < -0.39 is 5.97 Å². The van der Waals surface area contributed by atoms with Crippen LogP contribution in [0.5, 0.6) is 10.9 Å². The Kier molecular flexibility index (Phi) is 3.29. The largest absolute Gasteiger partial charge is 0.478 e. The lowest BCUT2D eigenvalue weighted by molar-refractivity contribution is 0.0696. The molecule has 2 rings (SSSR count). The molecule has 0 aliphatic heterocycles. The number of ether oxygens (including phenoxy) is 1. The van der Waals surface area contributed by atoms with Crippen molar-refractivity contribution in [3.63, 3.8) is 0 Å². The molecule has 0 unspecified atom stereocenters. The molecule has 0 saturated heterocycles. The Bertz CT molecular complexity index is 541. The number of hydrogen-bond donors (Lipinski definition) is 1. The molecule has 6 nitrogen and oxygen atoms in total. The molecule has 0 saturated carbocycles. The Morgan fingerprint density at radius 3 is 3.00 bits per heavy atom. The molecule has 0 aliphatic carbocycles. The number of carbonyl (C=O) groups is 1. The fourth-order valence-corrected chi connectivity index (χ4v) is 1.75. The van der Waals surface area contributed by atoms with E-state index in [9.17, 15) is 4.79 Å². The third kappa shape index (κ3) is 2.76. The Hall–Kier alpha value is -2.02. The zero-order valence-corrected chi connectivity index (χ0v) is 9.77. The predicted molar refractivity (Wildman–Crippen MR) is 60.6 cm³/mol. The first-order valence-corrected chi connectivity index (χ1v) is 5.65. The number of carboxylic acids is 1. The van der Waals surface area contributed by atoms with Crippen LogP contribution in [0.1, 0.15) is 23.1 Å². The SMILES string of the molecule is CCc1nsc(Oc2cncc(C(=O)O)c2)n1. The quantitative estimate of drug-likeness (QED) is 0.894. The van der Waals surface area contributed by atoms with E-state index in [0.717, 1.165) is 18.0 Å². The van der Waals surface area contributed by atoms with Crippen molar-refractivity contribution in [1.82, 2.24) is 14.3 Å². The van der Waals surface area contributed by atoms with Crippen molar-refractivity contribution >= 4 is 17.5 Å². The lowest BCUT2D eigenvalue weighted by atomic mass is 10.3. The van der Waals surface area contributed by atoms with Crippen LogP contribution in [-0.2, 0) is 6.42 Å². The van der Waals surface area contributed by atoms with Crippen molar-refractivity contribution in [2.45, 2.75) is 13.3 Å². The highest BCUT2D eigenvalue weighted by Gasteiger charge is 2.08. The van der Waals surface area contributed by atoms with Crippen LogP contribution in [0.2, 0.25) is 0 Å². The summed E-state index contributed by atoms with van der Waals surface area (Å²) in [6.45, 7) is 1.94. The maximum Gasteiger partial charge on any atom is 0.337 e. The third-order valence-electron chi connectivity index (χ3n) is 1.93. The van der Waals surface area contributed by atoms with Crippen molar-refractivity contribution in [3.8, 4) is 10.9 Å². The van der Waals surface area contributed by atoms with Crippen LogP contribution in [0.15, 0.2) is 18.5 Å². The smallest absolute Gasteiger partial charge is 0.337 e. The van der Waals surface area contributed by atoms with Crippen LogP contribution in [0, 0.1) is 0 Å². The molecule has 17 heavy (non-hydrogen) atoms. The van der Waals surface area contributed by atoms with Crippen LogP contribution < -0.4 is 4.74 Å². The van der Waals surface area contributed by atoms with Gasteiger partial charge >= 0.3 is 5.97 Å². The van der Waals surface area contributed by atoms with Gasteiger partial charge in [0.1, 0.15) is 11.6 Å². The van der Waals surface area contributed by atoms with Gasteiger partial charge in [0.15, 0.2) is 0 Å². The van der Waals surface area contributed by atoms with Gasteiger partial charge < -0.3 is 9.84 Å². The molecule has 0 aromatic carbocycles. The molecular formula is C10H9N3O3S. The number of carboxylic acid groups (broad SMARTS) is 1. The lowest BCUT2D eigenvalue weighted by Crippen LogP contribution is -1.97. The van der Waals surface area contributed by atoms with Crippen molar-refractivity contribution in [3.05, 3.63) is 29.8 Å². The van der Waals surface area contributed by atoms with Crippen LogP contribution in [-0.4, -0.2) is 25.4 Å². The average molecular weight is 251 g/mol. The normalized spacial score (nSPS) is 10.2. The number of aryl methyl sites for hydroxylation is 1. The number of nitrogens with zero attached hydrogens (tertiary/aromatic N) is 3. The topological polar surface area (TPSA) is 85.2 Å². The highest BCUT2D eigenvalue weighted by molar-refractivity contribution is 7.07. The van der Waals surface area contributed by atoms with E-state index in [4.69, 9.17) is 9.84 Å². The maximum atomic E-state index is 10.7. The molecule has 1 N–H and O–H groups in total. The minimum absolute atomic E-state index is 0.0720. The maximum absolute atomic E-state index is 10.7. The molecule has 0 amide bonds. The molecule has 0 spiro atoms. The van der Waals surface area contributed by atoms with Crippen LogP contribution >= 0.6 is 11.5 Å². The summed E-state index contributed by atoms with van der Waals surface area (Å²) in [6, 6.07) is 1.39. The van der Waals surface area contributed by atoms with Crippen molar-refractivity contribution in [1.29, 1.82) is 0 Å². The van der Waals surface area contributed by atoms with Gasteiger partial charge in [-0.1, -0.05) is 6.92 Å². The summed E-state index contributed by atoms with van der Waals surface area (Å²) in [4.78, 5) is 18.6. The molecular weight excluding hydrogens is 242 g/mol. The predicted octanol–water partition coefficient (Wildman–Crippen LogP) is 1.99. The summed E-state index contributed by atoms with van der Waals surface area (Å²) < 4.78 is 9.43. The van der Waals surface area contributed by atoms with Crippen LogP contribution in [0.3, 0.4) is 0 Å². The van der Waals surface area contributed by atoms with Gasteiger partial charge in [-0.25, -0.2) is 4.79 Å². The number of aromatic carboxylic acids is 1. The molecule has 0 bridgehead atoms.